The van der Waals surface area contributed by atoms with Gasteiger partial charge in [-0.05, 0) is 37.6 Å². The number of amides is 4. The summed E-state index contributed by atoms with van der Waals surface area (Å²) >= 11 is 0. The molecule has 2 aliphatic heterocycles. The molecule has 6 heteroatoms. The van der Waals surface area contributed by atoms with E-state index in [1.807, 2.05) is 6.92 Å². The maximum atomic E-state index is 13.1. The molecule has 1 atom stereocenters. The molecule has 1 unspecified atom stereocenters. The average Bonchev–Trinajstić information content (AvgIpc) is 2.64. The molecule has 0 fully saturated rings. The van der Waals surface area contributed by atoms with Crippen molar-refractivity contribution in [1.82, 2.24) is 10.2 Å². The molecule has 1 N–H and O–H groups in total. The summed E-state index contributed by atoms with van der Waals surface area (Å²) in [5, 5.41) is 3.11. The van der Waals surface area contributed by atoms with E-state index in [9.17, 15) is 19.2 Å². The second-order valence-corrected chi connectivity index (χ2v) is 7.18. The van der Waals surface area contributed by atoms with Gasteiger partial charge < -0.3 is 0 Å². The van der Waals surface area contributed by atoms with E-state index < -0.39 is 11.8 Å². The Morgan fingerprint density at radius 2 is 1.30 bits per heavy atom. The van der Waals surface area contributed by atoms with E-state index in [0.29, 0.717) is 33.0 Å². The van der Waals surface area contributed by atoms with Gasteiger partial charge in [-0.25, -0.2) is 0 Å². The van der Waals surface area contributed by atoms with Crippen molar-refractivity contribution in [2.75, 3.05) is 0 Å². The van der Waals surface area contributed by atoms with Crippen LogP contribution in [0.4, 0.5) is 0 Å². The van der Waals surface area contributed by atoms with Gasteiger partial charge in [0.2, 0.25) is 0 Å². The van der Waals surface area contributed by atoms with E-state index >= 15 is 0 Å². The highest BCUT2D eigenvalue weighted by molar-refractivity contribution is 6.33. The summed E-state index contributed by atoms with van der Waals surface area (Å²) in [6.45, 7) is 3.99. The SMILES string of the molecule is CCCCCC(C)N1C(=O)c2ccc3c4c(ccc(c24)C1=O)C(=O)NC3=O. The fraction of sp³-hybridized carbons (Fsp3) is 0.333. The highest BCUT2D eigenvalue weighted by Gasteiger charge is 2.38. The van der Waals surface area contributed by atoms with Gasteiger partial charge in [0, 0.05) is 39.1 Å². The van der Waals surface area contributed by atoms with Gasteiger partial charge in [0.25, 0.3) is 23.6 Å². The van der Waals surface area contributed by atoms with Gasteiger partial charge in [-0.2, -0.15) is 0 Å². The Morgan fingerprint density at radius 3 is 1.81 bits per heavy atom. The maximum absolute atomic E-state index is 13.1. The highest BCUT2D eigenvalue weighted by Crippen LogP contribution is 2.36. The van der Waals surface area contributed by atoms with E-state index in [-0.39, 0.29) is 17.9 Å². The van der Waals surface area contributed by atoms with Gasteiger partial charge >= 0.3 is 0 Å². The summed E-state index contributed by atoms with van der Waals surface area (Å²) in [5.41, 5.74) is 1.37. The van der Waals surface area contributed by atoms with Crippen LogP contribution < -0.4 is 5.32 Å². The molecule has 2 aromatic carbocycles. The second-order valence-electron chi connectivity index (χ2n) is 7.18. The molecule has 0 saturated heterocycles. The third-order valence-electron chi connectivity index (χ3n) is 5.44. The fourth-order valence-electron chi connectivity index (χ4n) is 4.04. The van der Waals surface area contributed by atoms with Crippen LogP contribution in [0.1, 0.15) is 81.0 Å². The smallest absolute Gasteiger partial charge is 0.261 e. The van der Waals surface area contributed by atoms with Crippen LogP contribution in [0.5, 0.6) is 0 Å². The first-order valence-corrected chi connectivity index (χ1v) is 9.29. The molecule has 6 nitrogen and oxygen atoms in total. The van der Waals surface area contributed by atoms with Crippen LogP contribution in [-0.4, -0.2) is 34.6 Å². The number of carbonyl (C=O) groups is 4. The van der Waals surface area contributed by atoms with Crippen LogP contribution in [0.25, 0.3) is 10.8 Å². The predicted octanol–water partition coefficient (Wildman–Crippen LogP) is 3.29. The van der Waals surface area contributed by atoms with Crippen LogP contribution in [0.15, 0.2) is 24.3 Å². The molecular weight excluding hydrogens is 344 g/mol. The molecule has 0 aromatic heterocycles. The van der Waals surface area contributed by atoms with Crippen LogP contribution in [0, 0.1) is 0 Å². The summed E-state index contributed by atoms with van der Waals surface area (Å²) < 4.78 is 0. The minimum absolute atomic E-state index is 0.211. The fourth-order valence-corrected chi connectivity index (χ4v) is 4.04. The molecular formula is C21H20N2O4. The summed E-state index contributed by atoms with van der Waals surface area (Å²) in [6.07, 6.45) is 3.82. The van der Waals surface area contributed by atoms with Crippen molar-refractivity contribution in [1.29, 1.82) is 0 Å². The van der Waals surface area contributed by atoms with Gasteiger partial charge in [-0.1, -0.05) is 26.2 Å². The molecule has 0 saturated carbocycles. The lowest BCUT2D eigenvalue weighted by atomic mass is 9.86. The average molecular weight is 364 g/mol. The molecule has 0 radical (unpaired) electrons. The second kappa shape index (κ2) is 6.30. The van der Waals surface area contributed by atoms with Crippen LogP contribution in [0.3, 0.4) is 0 Å². The van der Waals surface area contributed by atoms with Crippen LogP contribution in [0.2, 0.25) is 0 Å². The first kappa shape index (κ1) is 17.4. The first-order chi connectivity index (χ1) is 13.0. The molecule has 2 heterocycles. The summed E-state index contributed by atoms with van der Waals surface area (Å²) in [5.74, 6) is -1.74. The van der Waals surface area contributed by atoms with Crippen molar-refractivity contribution in [3.63, 3.8) is 0 Å². The lowest BCUT2D eigenvalue weighted by Crippen LogP contribution is -2.46. The summed E-state index contributed by atoms with van der Waals surface area (Å²) in [7, 11) is 0. The molecule has 4 amide bonds. The van der Waals surface area contributed by atoms with Crippen molar-refractivity contribution in [3.8, 4) is 0 Å². The number of imide groups is 2. The number of nitrogens with zero attached hydrogens (tertiary/aromatic N) is 1. The predicted molar refractivity (Wildman–Crippen MR) is 99.8 cm³/mol. The standard InChI is InChI=1S/C21H20N2O4/c1-3-4-5-6-11(2)23-20(26)14-9-7-12-16-13(19(25)22-18(12)24)8-10-15(17(14)16)21(23)27/h7-11H,3-6H2,1-2H3,(H,22,24,25). The van der Waals surface area contributed by atoms with E-state index in [4.69, 9.17) is 0 Å². The van der Waals surface area contributed by atoms with E-state index in [1.165, 1.54) is 4.90 Å². The number of hydrogen-bond acceptors (Lipinski definition) is 4. The molecule has 0 aliphatic carbocycles. The minimum atomic E-state index is -0.508. The number of rotatable bonds is 5. The zero-order valence-corrected chi connectivity index (χ0v) is 15.3. The quantitative estimate of drug-likeness (QED) is 0.652. The monoisotopic (exact) mass is 364 g/mol. The molecule has 138 valence electrons. The number of unbranched alkanes of at least 4 members (excludes halogenated alkanes) is 2. The Balaban J connectivity index is 1.87. The van der Waals surface area contributed by atoms with Crippen molar-refractivity contribution in [2.45, 2.75) is 45.6 Å². The van der Waals surface area contributed by atoms with Crippen molar-refractivity contribution >= 4 is 34.4 Å². The third-order valence-corrected chi connectivity index (χ3v) is 5.44. The number of carbonyl (C=O) groups excluding carboxylic acids is 4. The Morgan fingerprint density at radius 1 is 0.815 bits per heavy atom. The zero-order valence-electron chi connectivity index (χ0n) is 15.3. The van der Waals surface area contributed by atoms with Gasteiger partial charge in [0.15, 0.2) is 0 Å². The Labute approximate surface area is 156 Å². The minimum Gasteiger partial charge on any atom is -0.288 e. The number of hydrogen-bond donors (Lipinski definition) is 1. The number of benzene rings is 2. The van der Waals surface area contributed by atoms with Crippen LogP contribution >= 0.6 is 0 Å². The lowest BCUT2D eigenvalue weighted by molar-refractivity contribution is 0.0541. The van der Waals surface area contributed by atoms with Gasteiger partial charge in [0.1, 0.15) is 0 Å². The molecule has 27 heavy (non-hydrogen) atoms. The topological polar surface area (TPSA) is 83.6 Å². The van der Waals surface area contributed by atoms with Crippen molar-refractivity contribution in [3.05, 3.63) is 46.5 Å². The third kappa shape index (κ3) is 2.47. The van der Waals surface area contributed by atoms with Crippen molar-refractivity contribution < 1.29 is 19.2 Å². The molecule has 2 aromatic rings. The summed E-state index contributed by atoms with van der Waals surface area (Å²) in [6, 6.07) is 6.07. The van der Waals surface area contributed by atoms with Gasteiger partial charge in [-0.15, -0.1) is 0 Å². The maximum Gasteiger partial charge on any atom is 0.261 e. The van der Waals surface area contributed by atoms with E-state index in [1.54, 1.807) is 24.3 Å². The number of nitrogens with one attached hydrogen (secondary N) is 1. The molecule has 2 aliphatic rings. The zero-order chi connectivity index (χ0) is 19.3. The van der Waals surface area contributed by atoms with E-state index in [0.717, 1.165) is 25.7 Å². The molecule has 4 rings (SSSR count). The Kier molecular flexibility index (Phi) is 4.06. The van der Waals surface area contributed by atoms with Gasteiger partial charge in [0.05, 0.1) is 0 Å². The highest BCUT2D eigenvalue weighted by atomic mass is 16.2. The van der Waals surface area contributed by atoms with Crippen LogP contribution in [-0.2, 0) is 0 Å². The summed E-state index contributed by atoms with van der Waals surface area (Å²) in [4.78, 5) is 51.9. The van der Waals surface area contributed by atoms with Crippen molar-refractivity contribution in [2.24, 2.45) is 0 Å². The lowest BCUT2D eigenvalue weighted by Gasteiger charge is -2.33. The largest absolute Gasteiger partial charge is 0.288 e. The molecule has 0 spiro atoms. The van der Waals surface area contributed by atoms with Gasteiger partial charge in [-0.3, -0.25) is 29.4 Å². The Bertz CT molecular complexity index is 956. The first-order valence-electron chi connectivity index (χ1n) is 9.29. The Hall–Kier alpha value is -3.02. The normalized spacial score (nSPS) is 16.7. The molecule has 0 bridgehead atoms. The van der Waals surface area contributed by atoms with E-state index in [2.05, 4.69) is 12.2 Å².